The number of aromatic nitrogens is 3. The van der Waals surface area contributed by atoms with Gasteiger partial charge in [-0.15, -0.1) is 5.10 Å². The topological polar surface area (TPSA) is 78.3 Å². The molecule has 19 heavy (non-hydrogen) atoms. The summed E-state index contributed by atoms with van der Waals surface area (Å²) in [6.45, 7) is 0.0506. The highest BCUT2D eigenvalue weighted by Crippen LogP contribution is 2.13. The van der Waals surface area contributed by atoms with Crippen molar-refractivity contribution in [2.24, 2.45) is 0 Å². The molecule has 0 atom stereocenters. The molecule has 0 spiro atoms. The van der Waals surface area contributed by atoms with E-state index in [-0.39, 0.29) is 12.2 Å². The summed E-state index contributed by atoms with van der Waals surface area (Å²) < 4.78 is 1.38. The first-order valence-electron chi connectivity index (χ1n) is 5.39. The van der Waals surface area contributed by atoms with Crippen molar-refractivity contribution in [1.29, 1.82) is 10.5 Å². The molecule has 2 rings (SSSR count). The zero-order valence-corrected chi connectivity index (χ0v) is 10.5. The van der Waals surface area contributed by atoms with E-state index >= 15 is 0 Å². The van der Waals surface area contributed by atoms with Crippen molar-refractivity contribution in [2.45, 2.75) is 6.54 Å². The monoisotopic (exact) mass is 269 g/mol. The predicted octanol–water partition coefficient (Wildman–Crippen LogP) is 2.50. The summed E-state index contributed by atoms with van der Waals surface area (Å²) in [5.74, 6) is 0. The second-order valence-corrected chi connectivity index (χ2v) is 4.07. The smallest absolute Gasteiger partial charge is 0.190 e. The normalized spacial score (nSPS) is 10.3. The molecule has 92 valence electrons. The molecule has 0 aliphatic heterocycles. The van der Waals surface area contributed by atoms with Crippen LogP contribution < -0.4 is 0 Å². The van der Waals surface area contributed by atoms with Gasteiger partial charge in [0.25, 0.3) is 0 Å². The molecule has 0 N–H and O–H groups in total. The Morgan fingerprint density at radius 3 is 2.58 bits per heavy atom. The van der Waals surface area contributed by atoms with Gasteiger partial charge in [-0.1, -0.05) is 35.0 Å². The van der Waals surface area contributed by atoms with Crippen LogP contribution in [0.3, 0.4) is 0 Å². The summed E-state index contributed by atoms with van der Waals surface area (Å²) in [6.07, 6.45) is 3.52. The number of nitriles is 2. The van der Waals surface area contributed by atoms with Gasteiger partial charge in [-0.2, -0.15) is 10.5 Å². The van der Waals surface area contributed by atoms with Gasteiger partial charge in [-0.3, -0.25) is 0 Å². The third-order valence-corrected chi connectivity index (χ3v) is 2.66. The van der Waals surface area contributed by atoms with Crippen molar-refractivity contribution in [3.63, 3.8) is 0 Å². The zero-order chi connectivity index (χ0) is 13.7. The molecule has 0 fully saturated rings. The summed E-state index contributed by atoms with van der Waals surface area (Å²) in [5.41, 5.74) is 1.64. The molecule has 0 saturated heterocycles. The van der Waals surface area contributed by atoms with Gasteiger partial charge in [0.05, 0.1) is 6.07 Å². The second-order valence-electron chi connectivity index (χ2n) is 3.64. The second kappa shape index (κ2) is 5.81. The minimum atomic E-state index is 0.0506. The van der Waals surface area contributed by atoms with Crippen molar-refractivity contribution in [1.82, 2.24) is 15.0 Å². The lowest BCUT2D eigenvalue weighted by Crippen LogP contribution is -2.00. The summed E-state index contributed by atoms with van der Waals surface area (Å²) in [7, 11) is 0. The number of rotatable bonds is 3. The maximum Gasteiger partial charge on any atom is 0.190 e. The first-order chi connectivity index (χ1) is 9.24. The van der Waals surface area contributed by atoms with E-state index in [1.807, 2.05) is 30.3 Å². The highest BCUT2D eigenvalue weighted by Gasteiger charge is 2.08. The Morgan fingerprint density at radius 1 is 1.21 bits per heavy atom. The van der Waals surface area contributed by atoms with Crippen molar-refractivity contribution in [3.05, 3.63) is 46.2 Å². The number of hydrogen-bond donors (Lipinski definition) is 0. The van der Waals surface area contributed by atoms with Gasteiger partial charge >= 0.3 is 0 Å². The summed E-state index contributed by atoms with van der Waals surface area (Å²) in [4.78, 5) is 0. The van der Waals surface area contributed by atoms with E-state index in [0.29, 0.717) is 10.7 Å². The Balaban J connectivity index is 2.32. The third kappa shape index (κ3) is 2.98. The first-order valence-corrected chi connectivity index (χ1v) is 5.76. The molecule has 1 aromatic carbocycles. The fourth-order valence-corrected chi connectivity index (χ4v) is 1.62. The summed E-state index contributed by atoms with van der Waals surface area (Å²) in [5, 5.41) is 25.7. The largest absolute Gasteiger partial charge is 0.230 e. The molecule has 1 heterocycles. The number of nitrogens with zero attached hydrogens (tertiary/aromatic N) is 5. The van der Waals surface area contributed by atoms with Crippen LogP contribution in [0.25, 0.3) is 12.2 Å². The molecule has 0 bridgehead atoms. The predicted molar refractivity (Wildman–Crippen MR) is 70.7 cm³/mol. The van der Waals surface area contributed by atoms with E-state index in [4.69, 9.17) is 22.1 Å². The van der Waals surface area contributed by atoms with Gasteiger partial charge in [0, 0.05) is 5.02 Å². The van der Waals surface area contributed by atoms with Crippen LogP contribution in [0.4, 0.5) is 0 Å². The number of halogens is 1. The highest BCUT2D eigenvalue weighted by molar-refractivity contribution is 6.30. The van der Waals surface area contributed by atoms with Gasteiger partial charge in [0.2, 0.25) is 0 Å². The molecule has 2 aromatic rings. The molecule has 0 aliphatic carbocycles. The van der Waals surface area contributed by atoms with Crippen molar-refractivity contribution < 1.29 is 0 Å². The fourth-order valence-electron chi connectivity index (χ4n) is 1.50. The molecular formula is C13H8ClN5. The van der Waals surface area contributed by atoms with Gasteiger partial charge < -0.3 is 0 Å². The maximum absolute atomic E-state index is 8.93. The quantitative estimate of drug-likeness (QED) is 0.857. The van der Waals surface area contributed by atoms with Crippen LogP contribution in [-0.2, 0) is 6.54 Å². The van der Waals surface area contributed by atoms with Gasteiger partial charge in [-0.05, 0) is 23.8 Å². The van der Waals surface area contributed by atoms with Crippen molar-refractivity contribution in [2.75, 3.05) is 0 Å². The van der Waals surface area contributed by atoms with Crippen LogP contribution in [0.5, 0.6) is 0 Å². The Hall–Kier alpha value is -2.63. The van der Waals surface area contributed by atoms with Gasteiger partial charge in [0.1, 0.15) is 18.3 Å². The molecule has 0 saturated carbocycles. The Labute approximate surface area is 115 Å². The molecule has 0 unspecified atom stereocenters. The van der Waals surface area contributed by atoms with Crippen LogP contribution in [0.15, 0.2) is 24.3 Å². The van der Waals surface area contributed by atoms with E-state index in [1.54, 1.807) is 18.2 Å². The van der Waals surface area contributed by atoms with E-state index in [1.165, 1.54) is 4.68 Å². The van der Waals surface area contributed by atoms with Crippen molar-refractivity contribution >= 4 is 23.8 Å². The fraction of sp³-hybridized carbons (Fsp3) is 0.0769. The zero-order valence-electron chi connectivity index (χ0n) is 9.79. The lowest BCUT2D eigenvalue weighted by molar-refractivity contribution is 0.663. The minimum Gasteiger partial charge on any atom is -0.230 e. The Kier molecular flexibility index (Phi) is 3.92. The van der Waals surface area contributed by atoms with Crippen molar-refractivity contribution in [3.8, 4) is 12.1 Å². The average molecular weight is 270 g/mol. The van der Waals surface area contributed by atoms with E-state index in [2.05, 4.69) is 10.3 Å². The van der Waals surface area contributed by atoms with Crippen LogP contribution in [-0.4, -0.2) is 15.0 Å². The van der Waals surface area contributed by atoms with E-state index in [0.717, 1.165) is 5.56 Å². The first kappa shape index (κ1) is 12.8. The summed E-state index contributed by atoms with van der Waals surface area (Å²) >= 11 is 5.80. The Bertz CT molecular complexity index is 685. The van der Waals surface area contributed by atoms with E-state index < -0.39 is 0 Å². The summed E-state index contributed by atoms with van der Waals surface area (Å²) in [6, 6.07) is 11.2. The lowest BCUT2D eigenvalue weighted by atomic mass is 10.2. The number of benzene rings is 1. The number of hydrogen-bond acceptors (Lipinski definition) is 4. The maximum atomic E-state index is 8.93. The molecule has 0 aliphatic rings. The van der Waals surface area contributed by atoms with Crippen LogP contribution in [0, 0.1) is 22.7 Å². The highest BCUT2D eigenvalue weighted by atomic mass is 35.5. The standard InChI is InChI=1S/C13H8ClN5/c14-11-4-1-10(2-5-11)3-6-13-12(9-16)17-18-19(13)8-7-15/h1-6H,8H2/b6-3+. The van der Waals surface area contributed by atoms with Crippen LogP contribution in [0.2, 0.25) is 5.02 Å². The SMILES string of the molecule is N#CCn1nnc(C#N)c1/C=C/c1ccc(Cl)cc1. The Morgan fingerprint density at radius 2 is 1.95 bits per heavy atom. The molecule has 0 radical (unpaired) electrons. The molecular weight excluding hydrogens is 262 g/mol. The van der Waals surface area contributed by atoms with Crippen LogP contribution in [0.1, 0.15) is 17.0 Å². The van der Waals surface area contributed by atoms with E-state index in [9.17, 15) is 0 Å². The van der Waals surface area contributed by atoms with Gasteiger partial charge in [-0.25, -0.2) is 4.68 Å². The minimum absolute atomic E-state index is 0.0506. The molecule has 5 nitrogen and oxygen atoms in total. The molecule has 1 aromatic heterocycles. The lowest BCUT2D eigenvalue weighted by Gasteiger charge is -1.97. The molecule has 6 heteroatoms. The van der Waals surface area contributed by atoms with Crippen LogP contribution >= 0.6 is 11.6 Å². The third-order valence-electron chi connectivity index (χ3n) is 2.40. The van der Waals surface area contributed by atoms with Gasteiger partial charge in [0.15, 0.2) is 5.69 Å². The average Bonchev–Trinajstić information content (AvgIpc) is 2.81. The molecule has 0 amide bonds.